The van der Waals surface area contributed by atoms with Crippen molar-refractivity contribution in [2.75, 3.05) is 11.9 Å². The van der Waals surface area contributed by atoms with Gasteiger partial charge in [-0.25, -0.2) is 4.79 Å². The first-order chi connectivity index (χ1) is 13.7. The third kappa shape index (κ3) is 5.02. The first-order valence-electron chi connectivity index (χ1n) is 9.02. The molecule has 0 aliphatic heterocycles. The van der Waals surface area contributed by atoms with Crippen LogP contribution in [0.25, 0.3) is 0 Å². The second kappa shape index (κ2) is 9.76. The van der Waals surface area contributed by atoms with E-state index >= 15 is 0 Å². The number of rotatable bonds is 7. The minimum absolute atomic E-state index is 0.197. The highest BCUT2D eigenvalue weighted by Gasteiger charge is 2.24. The molecule has 0 aliphatic carbocycles. The fourth-order valence-electron chi connectivity index (χ4n) is 2.71. The zero-order valence-corrected chi connectivity index (χ0v) is 16.3. The number of hydrogen-bond donors (Lipinski definition) is 1. The van der Waals surface area contributed by atoms with E-state index in [0.29, 0.717) is 11.3 Å². The molecular formula is C23H21NO3S. The second-order valence-electron chi connectivity index (χ2n) is 5.98. The molecule has 0 aliphatic rings. The first-order valence-corrected chi connectivity index (χ1v) is 9.90. The number of benzene rings is 3. The number of ether oxygens (including phenoxy) is 1. The number of thioether (sulfide) groups is 1. The van der Waals surface area contributed by atoms with Gasteiger partial charge in [-0.1, -0.05) is 60.7 Å². The summed E-state index contributed by atoms with van der Waals surface area (Å²) in [6.07, 6.45) is 0. The molecule has 3 aromatic rings. The van der Waals surface area contributed by atoms with Crippen LogP contribution in [0.3, 0.4) is 0 Å². The molecule has 142 valence electrons. The van der Waals surface area contributed by atoms with E-state index in [0.717, 1.165) is 10.5 Å². The maximum Gasteiger partial charge on any atom is 0.340 e. The summed E-state index contributed by atoms with van der Waals surface area (Å²) in [7, 11) is 0. The van der Waals surface area contributed by atoms with Gasteiger partial charge in [-0.3, -0.25) is 4.79 Å². The van der Waals surface area contributed by atoms with Gasteiger partial charge in [0.2, 0.25) is 5.91 Å². The number of carbonyl (C=O) groups is 2. The zero-order valence-electron chi connectivity index (χ0n) is 15.5. The van der Waals surface area contributed by atoms with Crippen LogP contribution in [0.15, 0.2) is 89.8 Å². The normalized spacial score (nSPS) is 11.5. The Balaban J connectivity index is 1.87. The Bertz CT molecular complexity index is 929. The summed E-state index contributed by atoms with van der Waals surface area (Å²) in [5, 5.41) is 2.45. The lowest BCUT2D eigenvalue weighted by Gasteiger charge is -2.18. The molecule has 0 saturated carbocycles. The van der Waals surface area contributed by atoms with Crippen LogP contribution in [-0.4, -0.2) is 18.5 Å². The maximum atomic E-state index is 13.2. The third-order valence-corrected chi connectivity index (χ3v) is 5.28. The van der Waals surface area contributed by atoms with Crippen LogP contribution in [0.4, 0.5) is 5.69 Å². The molecule has 28 heavy (non-hydrogen) atoms. The quantitative estimate of drug-likeness (QED) is 0.437. The van der Waals surface area contributed by atoms with Gasteiger partial charge in [0.05, 0.1) is 17.9 Å². The Morgan fingerprint density at radius 1 is 0.893 bits per heavy atom. The summed E-state index contributed by atoms with van der Waals surface area (Å²) >= 11 is 1.47. The number of carbonyl (C=O) groups excluding carboxylic acids is 2. The number of esters is 1. The molecule has 0 aromatic heterocycles. The van der Waals surface area contributed by atoms with E-state index in [2.05, 4.69) is 5.32 Å². The molecule has 0 spiro atoms. The van der Waals surface area contributed by atoms with Crippen molar-refractivity contribution >= 4 is 29.3 Å². The Morgan fingerprint density at radius 2 is 1.50 bits per heavy atom. The highest BCUT2D eigenvalue weighted by Crippen LogP contribution is 2.36. The van der Waals surface area contributed by atoms with Crippen LogP contribution in [0.5, 0.6) is 0 Å². The van der Waals surface area contributed by atoms with Gasteiger partial charge in [-0.15, -0.1) is 11.8 Å². The van der Waals surface area contributed by atoms with Crippen molar-refractivity contribution in [3.8, 4) is 0 Å². The van der Waals surface area contributed by atoms with Crippen LogP contribution < -0.4 is 5.32 Å². The first kappa shape index (κ1) is 19.7. The SMILES string of the molecule is CCOC(=O)c1ccccc1NC(=O)C(Sc1ccccc1)c1ccccc1. The molecule has 0 heterocycles. The fourth-order valence-corrected chi connectivity index (χ4v) is 3.76. The van der Waals surface area contributed by atoms with E-state index in [-0.39, 0.29) is 12.5 Å². The van der Waals surface area contributed by atoms with E-state index in [1.165, 1.54) is 11.8 Å². The van der Waals surface area contributed by atoms with Crippen molar-refractivity contribution in [1.82, 2.24) is 0 Å². The number of anilines is 1. The molecule has 0 bridgehead atoms. The van der Waals surface area contributed by atoms with Crippen molar-refractivity contribution in [2.45, 2.75) is 17.1 Å². The summed E-state index contributed by atoms with van der Waals surface area (Å²) in [6, 6.07) is 26.2. The van der Waals surface area contributed by atoms with Crippen LogP contribution in [0.2, 0.25) is 0 Å². The lowest BCUT2D eigenvalue weighted by Crippen LogP contribution is -2.21. The summed E-state index contributed by atoms with van der Waals surface area (Å²) < 4.78 is 5.10. The molecule has 3 aromatic carbocycles. The smallest absolute Gasteiger partial charge is 0.340 e. The Morgan fingerprint density at radius 3 is 2.18 bits per heavy atom. The predicted molar refractivity (Wildman–Crippen MR) is 113 cm³/mol. The highest BCUT2D eigenvalue weighted by molar-refractivity contribution is 8.00. The fraction of sp³-hybridized carbons (Fsp3) is 0.130. The average Bonchev–Trinajstić information content (AvgIpc) is 2.74. The molecular weight excluding hydrogens is 370 g/mol. The zero-order chi connectivity index (χ0) is 19.8. The topological polar surface area (TPSA) is 55.4 Å². The molecule has 5 heteroatoms. The van der Waals surface area contributed by atoms with E-state index < -0.39 is 11.2 Å². The van der Waals surface area contributed by atoms with Gasteiger partial charge in [0, 0.05) is 4.90 Å². The summed E-state index contributed by atoms with van der Waals surface area (Å²) in [5.41, 5.74) is 1.68. The Hall–Kier alpha value is -3.05. The highest BCUT2D eigenvalue weighted by atomic mass is 32.2. The molecule has 0 radical (unpaired) electrons. The molecule has 3 rings (SSSR count). The number of nitrogens with one attached hydrogen (secondary N) is 1. The van der Waals surface area contributed by atoms with E-state index in [9.17, 15) is 9.59 Å². The minimum atomic E-state index is -0.459. The van der Waals surface area contributed by atoms with E-state index in [1.807, 2.05) is 60.7 Å². The van der Waals surface area contributed by atoms with Gasteiger partial charge < -0.3 is 10.1 Å². The van der Waals surface area contributed by atoms with Crippen molar-refractivity contribution in [3.63, 3.8) is 0 Å². The number of amides is 1. The third-order valence-electron chi connectivity index (χ3n) is 4.02. The Kier molecular flexibility index (Phi) is 6.87. The van der Waals surface area contributed by atoms with E-state index in [1.54, 1.807) is 31.2 Å². The summed E-state index contributed by atoms with van der Waals surface area (Å²) in [5.74, 6) is -0.651. The molecule has 0 fully saturated rings. The van der Waals surface area contributed by atoms with Gasteiger partial charge >= 0.3 is 5.97 Å². The largest absolute Gasteiger partial charge is 0.462 e. The molecule has 1 N–H and O–H groups in total. The van der Waals surface area contributed by atoms with Crippen LogP contribution in [-0.2, 0) is 9.53 Å². The average molecular weight is 391 g/mol. The van der Waals surface area contributed by atoms with Crippen LogP contribution >= 0.6 is 11.8 Å². The summed E-state index contributed by atoms with van der Waals surface area (Å²) in [4.78, 5) is 26.4. The lowest BCUT2D eigenvalue weighted by molar-refractivity contribution is -0.115. The van der Waals surface area contributed by atoms with Crippen molar-refractivity contribution in [1.29, 1.82) is 0 Å². The van der Waals surface area contributed by atoms with Crippen molar-refractivity contribution in [2.24, 2.45) is 0 Å². The number of para-hydroxylation sites is 1. The van der Waals surface area contributed by atoms with Gasteiger partial charge in [0.1, 0.15) is 5.25 Å². The van der Waals surface area contributed by atoms with Crippen molar-refractivity contribution < 1.29 is 14.3 Å². The van der Waals surface area contributed by atoms with Crippen molar-refractivity contribution in [3.05, 3.63) is 96.1 Å². The van der Waals surface area contributed by atoms with Gasteiger partial charge in [-0.05, 0) is 36.8 Å². The van der Waals surface area contributed by atoms with Gasteiger partial charge in [0.15, 0.2) is 0 Å². The molecule has 1 amide bonds. The van der Waals surface area contributed by atoms with E-state index in [4.69, 9.17) is 4.74 Å². The summed E-state index contributed by atoms with van der Waals surface area (Å²) in [6.45, 7) is 2.03. The number of hydrogen-bond acceptors (Lipinski definition) is 4. The van der Waals surface area contributed by atoms with Gasteiger partial charge in [0.25, 0.3) is 0 Å². The van der Waals surface area contributed by atoms with Crippen LogP contribution in [0, 0.1) is 0 Å². The monoisotopic (exact) mass is 391 g/mol. The predicted octanol–water partition coefficient (Wildman–Crippen LogP) is 5.34. The molecule has 1 unspecified atom stereocenters. The maximum absolute atomic E-state index is 13.2. The lowest BCUT2D eigenvalue weighted by atomic mass is 10.1. The second-order valence-corrected chi connectivity index (χ2v) is 7.16. The molecule has 1 atom stereocenters. The Labute approximate surface area is 168 Å². The standard InChI is InChI=1S/C23H21NO3S/c1-2-27-23(26)19-15-9-10-16-20(19)24-22(25)21(17-11-5-3-6-12-17)28-18-13-7-4-8-14-18/h3-16,21H,2H2,1H3,(H,24,25). The minimum Gasteiger partial charge on any atom is -0.462 e. The van der Waals surface area contributed by atoms with Gasteiger partial charge in [-0.2, -0.15) is 0 Å². The van der Waals surface area contributed by atoms with Crippen LogP contribution in [0.1, 0.15) is 28.1 Å². The molecule has 0 saturated heterocycles. The molecule has 4 nitrogen and oxygen atoms in total.